The fourth-order valence-corrected chi connectivity index (χ4v) is 2.53. The van der Waals surface area contributed by atoms with Crippen LogP contribution in [0.2, 0.25) is 0 Å². The van der Waals surface area contributed by atoms with Gasteiger partial charge in [0.15, 0.2) is 0 Å². The van der Waals surface area contributed by atoms with Gasteiger partial charge in [0.05, 0.1) is 10.6 Å². The van der Waals surface area contributed by atoms with Crippen molar-refractivity contribution >= 4 is 27.7 Å². The third-order valence-electron chi connectivity index (χ3n) is 1.83. The van der Waals surface area contributed by atoms with Gasteiger partial charge in [0.2, 0.25) is 0 Å². The van der Waals surface area contributed by atoms with Gasteiger partial charge in [-0.2, -0.15) is 0 Å². The Hall–Kier alpha value is -0.0600. The second-order valence-electron chi connectivity index (χ2n) is 3.15. The Balaban J connectivity index is 2.47. The monoisotopic (exact) mass is 292 g/mol. The number of hydrogen-bond donors (Lipinski definition) is 0. The molecule has 0 spiro atoms. The Morgan fingerprint density at radius 1 is 1.53 bits per heavy atom. The highest BCUT2D eigenvalue weighted by Crippen LogP contribution is 2.25. The maximum absolute atomic E-state index is 12.9. The molecule has 0 bridgehead atoms. The summed E-state index contributed by atoms with van der Waals surface area (Å²) in [6.45, 7) is 4.75. The molecule has 1 unspecified atom stereocenters. The van der Waals surface area contributed by atoms with Crippen LogP contribution >= 0.6 is 27.7 Å². The average Bonchev–Trinajstić information content (AvgIpc) is 2.20. The smallest absolute Gasteiger partial charge is 0.137 e. The molecule has 0 aliphatic heterocycles. The number of hydrogen-bond acceptors (Lipinski definition) is 2. The van der Waals surface area contributed by atoms with Gasteiger partial charge in [-0.25, -0.2) is 4.39 Å². The molecule has 0 heterocycles. The molecule has 1 aromatic rings. The summed E-state index contributed by atoms with van der Waals surface area (Å²) in [4.78, 5) is 1.05. The maximum atomic E-state index is 12.9. The first-order valence-corrected chi connectivity index (χ1v) is 6.60. The predicted molar refractivity (Wildman–Crippen MR) is 65.9 cm³/mol. The zero-order chi connectivity index (χ0) is 11.3. The fourth-order valence-electron chi connectivity index (χ4n) is 1.11. The minimum Gasteiger partial charge on any atom is -0.378 e. The van der Waals surface area contributed by atoms with Crippen molar-refractivity contribution in [2.24, 2.45) is 0 Å². The molecule has 0 fully saturated rings. The normalized spacial score (nSPS) is 12.8. The SMILES string of the molecule is CCOC(C)CSc1ccc(F)c(Br)c1. The molecule has 4 heteroatoms. The molecule has 0 radical (unpaired) electrons. The molecule has 1 rings (SSSR count). The minimum atomic E-state index is -0.225. The molecule has 0 saturated carbocycles. The van der Waals surface area contributed by atoms with Crippen molar-refractivity contribution in [3.8, 4) is 0 Å². The molecule has 1 aromatic carbocycles. The van der Waals surface area contributed by atoms with Gasteiger partial charge >= 0.3 is 0 Å². The lowest BCUT2D eigenvalue weighted by Crippen LogP contribution is -2.10. The van der Waals surface area contributed by atoms with E-state index in [9.17, 15) is 4.39 Å². The van der Waals surface area contributed by atoms with Gasteiger partial charge < -0.3 is 4.74 Å². The first kappa shape index (κ1) is 13.0. The molecule has 84 valence electrons. The summed E-state index contributed by atoms with van der Waals surface area (Å²) in [7, 11) is 0. The van der Waals surface area contributed by atoms with Gasteiger partial charge in [0.1, 0.15) is 5.82 Å². The zero-order valence-electron chi connectivity index (χ0n) is 8.80. The average molecular weight is 293 g/mol. The van der Waals surface area contributed by atoms with E-state index >= 15 is 0 Å². The number of ether oxygens (including phenoxy) is 1. The predicted octanol–water partition coefficient (Wildman–Crippen LogP) is 4.11. The van der Waals surface area contributed by atoms with Gasteiger partial charge in [-0.1, -0.05) is 0 Å². The Bertz CT molecular complexity index is 319. The molecule has 0 aliphatic rings. The second-order valence-corrected chi connectivity index (χ2v) is 5.10. The standard InChI is InChI=1S/C11H14BrFOS/c1-3-14-8(2)7-15-9-4-5-11(13)10(12)6-9/h4-6,8H,3,7H2,1-2H3. The van der Waals surface area contributed by atoms with Gasteiger partial charge in [0, 0.05) is 17.3 Å². The minimum absolute atomic E-state index is 0.225. The summed E-state index contributed by atoms with van der Waals surface area (Å²) >= 11 is 4.83. The third kappa shape index (κ3) is 4.53. The molecule has 1 atom stereocenters. The summed E-state index contributed by atoms with van der Waals surface area (Å²) < 4.78 is 18.9. The first-order valence-electron chi connectivity index (χ1n) is 4.83. The van der Waals surface area contributed by atoms with Crippen LogP contribution in [0, 0.1) is 5.82 Å². The van der Waals surface area contributed by atoms with Crippen LogP contribution in [-0.2, 0) is 4.74 Å². The van der Waals surface area contributed by atoms with Crippen molar-refractivity contribution in [2.45, 2.75) is 24.8 Å². The molecule has 0 N–H and O–H groups in total. The van der Waals surface area contributed by atoms with Crippen LogP contribution in [0.3, 0.4) is 0 Å². The third-order valence-corrected chi connectivity index (χ3v) is 3.66. The largest absolute Gasteiger partial charge is 0.378 e. The quantitative estimate of drug-likeness (QED) is 0.756. The molecule has 0 aromatic heterocycles. The van der Waals surface area contributed by atoms with Crippen molar-refractivity contribution in [1.29, 1.82) is 0 Å². The summed E-state index contributed by atoms with van der Waals surface area (Å²) in [6, 6.07) is 5.04. The van der Waals surface area contributed by atoms with Crippen LogP contribution in [-0.4, -0.2) is 18.5 Å². The van der Waals surface area contributed by atoms with E-state index < -0.39 is 0 Å². The molecule has 1 nitrogen and oxygen atoms in total. The lowest BCUT2D eigenvalue weighted by atomic mass is 10.3. The van der Waals surface area contributed by atoms with E-state index in [0.29, 0.717) is 4.47 Å². The van der Waals surface area contributed by atoms with Crippen LogP contribution in [0.15, 0.2) is 27.6 Å². The Morgan fingerprint density at radius 3 is 2.87 bits per heavy atom. The number of rotatable bonds is 5. The number of thioether (sulfide) groups is 1. The Labute approximate surface area is 103 Å². The van der Waals surface area contributed by atoms with E-state index in [1.807, 2.05) is 13.8 Å². The van der Waals surface area contributed by atoms with Crippen LogP contribution in [0.1, 0.15) is 13.8 Å². The number of benzene rings is 1. The summed E-state index contributed by atoms with van der Waals surface area (Å²) in [6.07, 6.45) is 0.226. The van der Waals surface area contributed by atoms with Crippen molar-refractivity contribution in [3.05, 3.63) is 28.5 Å². The molecular formula is C11H14BrFOS. The molecular weight excluding hydrogens is 279 g/mol. The van der Waals surface area contributed by atoms with E-state index in [1.165, 1.54) is 6.07 Å². The lowest BCUT2D eigenvalue weighted by molar-refractivity contribution is 0.0932. The maximum Gasteiger partial charge on any atom is 0.137 e. The van der Waals surface area contributed by atoms with Crippen molar-refractivity contribution in [1.82, 2.24) is 0 Å². The Morgan fingerprint density at radius 2 is 2.27 bits per heavy atom. The van der Waals surface area contributed by atoms with E-state index in [-0.39, 0.29) is 11.9 Å². The van der Waals surface area contributed by atoms with Crippen LogP contribution in [0.25, 0.3) is 0 Å². The Kier molecular flexibility index (Phi) is 5.64. The van der Waals surface area contributed by atoms with Crippen molar-refractivity contribution in [2.75, 3.05) is 12.4 Å². The summed E-state index contributed by atoms with van der Waals surface area (Å²) in [5.41, 5.74) is 0. The van der Waals surface area contributed by atoms with Gasteiger partial charge in [-0.05, 0) is 48.0 Å². The molecule has 0 saturated heterocycles. The second kappa shape index (κ2) is 6.51. The molecule has 0 aliphatic carbocycles. The van der Waals surface area contributed by atoms with Gasteiger partial charge in [-0.15, -0.1) is 11.8 Å². The topological polar surface area (TPSA) is 9.23 Å². The highest BCUT2D eigenvalue weighted by Gasteiger charge is 2.04. The van der Waals surface area contributed by atoms with E-state index in [4.69, 9.17) is 4.74 Å². The first-order chi connectivity index (χ1) is 7.13. The summed E-state index contributed by atoms with van der Waals surface area (Å²) in [5, 5.41) is 0. The van der Waals surface area contributed by atoms with Crippen LogP contribution in [0.4, 0.5) is 4.39 Å². The van der Waals surface area contributed by atoms with E-state index in [1.54, 1.807) is 23.9 Å². The summed E-state index contributed by atoms with van der Waals surface area (Å²) in [5.74, 6) is 0.656. The van der Waals surface area contributed by atoms with Crippen LogP contribution in [0.5, 0.6) is 0 Å². The van der Waals surface area contributed by atoms with E-state index in [0.717, 1.165) is 17.3 Å². The lowest BCUT2D eigenvalue weighted by Gasteiger charge is -2.10. The van der Waals surface area contributed by atoms with Crippen LogP contribution < -0.4 is 0 Å². The highest BCUT2D eigenvalue weighted by molar-refractivity contribution is 9.10. The van der Waals surface area contributed by atoms with Crippen molar-refractivity contribution in [3.63, 3.8) is 0 Å². The number of halogens is 2. The van der Waals surface area contributed by atoms with Crippen molar-refractivity contribution < 1.29 is 9.13 Å². The fraction of sp³-hybridized carbons (Fsp3) is 0.455. The molecule has 15 heavy (non-hydrogen) atoms. The zero-order valence-corrected chi connectivity index (χ0v) is 11.2. The highest BCUT2D eigenvalue weighted by atomic mass is 79.9. The van der Waals surface area contributed by atoms with Gasteiger partial charge in [0.25, 0.3) is 0 Å². The molecule has 0 amide bonds. The van der Waals surface area contributed by atoms with Gasteiger partial charge in [-0.3, -0.25) is 0 Å². The van der Waals surface area contributed by atoms with E-state index in [2.05, 4.69) is 15.9 Å².